The summed E-state index contributed by atoms with van der Waals surface area (Å²) in [5, 5.41) is 2.73. The summed E-state index contributed by atoms with van der Waals surface area (Å²) in [6.45, 7) is 0. The molecule has 2 rings (SSSR count). The summed E-state index contributed by atoms with van der Waals surface area (Å²) in [5.74, 6) is -0.820. The standard InChI is InChI=1S/C13H9Br2F2N3/c14-9-3-1-7(5-11(9)16)19-13(18)20-8-2-4-10(15)12(17)6-8/h1-6H,(H3,18,19,20). The number of hydrogen-bond acceptors (Lipinski definition) is 1. The third-order valence-electron chi connectivity index (χ3n) is 2.34. The first kappa shape index (κ1) is 14.9. The predicted octanol–water partition coefficient (Wildman–Crippen LogP) is 4.55. The molecule has 2 aromatic rings. The molecule has 0 amide bonds. The molecule has 0 saturated carbocycles. The zero-order valence-corrected chi connectivity index (χ0v) is 13.2. The molecule has 0 spiro atoms. The Morgan fingerprint density at radius 3 is 2.20 bits per heavy atom. The van der Waals surface area contributed by atoms with Gasteiger partial charge in [-0.1, -0.05) is 0 Å². The number of halogens is 4. The SMILES string of the molecule is NC(=Nc1ccc(Br)c(F)c1)Nc1ccc(Br)c(F)c1. The number of nitrogens with zero attached hydrogens (tertiary/aromatic N) is 1. The molecule has 0 aliphatic heterocycles. The predicted molar refractivity (Wildman–Crippen MR) is 83.1 cm³/mol. The van der Waals surface area contributed by atoms with E-state index in [0.717, 1.165) is 0 Å². The maximum atomic E-state index is 13.3. The number of rotatable bonds is 2. The third kappa shape index (κ3) is 3.77. The summed E-state index contributed by atoms with van der Waals surface area (Å²) in [6.07, 6.45) is 0. The van der Waals surface area contributed by atoms with E-state index in [1.54, 1.807) is 18.2 Å². The summed E-state index contributed by atoms with van der Waals surface area (Å²) in [4.78, 5) is 4.00. The first-order chi connectivity index (χ1) is 9.45. The van der Waals surface area contributed by atoms with Crippen LogP contribution in [0.4, 0.5) is 20.2 Å². The lowest BCUT2D eigenvalue weighted by atomic mass is 10.3. The van der Waals surface area contributed by atoms with Crippen molar-refractivity contribution in [2.45, 2.75) is 0 Å². The largest absolute Gasteiger partial charge is 0.369 e. The zero-order chi connectivity index (χ0) is 14.7. The first-order valence-electron chi connectivity index (χ1n) is 5.47. The van der Waals surface area contributed by atoms with Gasteiger partial charge in [-0.2, -0.15) is 0 Å². The van der Waals surface area contributed by atoms with E-state index in [0.29, 0.717) is 20.3 Å². The van der Waals surface area contributed by atoms with Crippen molar-refractivity contribution < 1.29 is 8.78 Å². The molecule has 0 fully saturated rings. The fraction of sp³-hybridized carbons (Fsp3) is 0. The van der Waals surface area contributed by atoms with E-state index in [-0.39, 0.29) is 5.96 Å². The van der Waals surface area contributed by atoms with Gasteiger partial charge in [-0.3, -0.25) is 0 Å². The fourth-order valence-electron chi connectivity index (χ4n) is 1.44. The summed E-state index contributed by atoms with van der Waals surface area (Å²) in [7, 11) is 0. The molecule has 0 heterocycles. The Morgan fingerprint density at radius 1 is 1.00 bits per heavy atom. The Labute approximate surface area is 131 Å². The summed E-state index contributed by atoms with van der Waals surface area (Å²) in [6, 6.07) is 8.82. The minimum absolute atomic E-state index is 0.0356. The average Bonchev–Trinajstić information content (AvgIpc) is 2.38. The molecule has 0 bridgehead atoms. The van der Waals surface area contributed by atoms with Crippen molar-refractivity contribution in [1.29, 1.82) is 0 Å². The Bertz CT molecular complexity index is 675. The lowest BCUT2D eigenvalue weighted by molar-refractivity contribution is 0.621. The van der Waals surface area contributed by atoms with E-state index in [4.69, 9.17) is 5.73 Å². The molecule has 0 radical (unpaired) electrons. The maximum absolute atomic E-state index is 13.3. The summed E-state index contributed by atoms with van der Waals surface area (Å²) >= 11 is 6.10. The second-order valence-electron chi connectivity index (χ2n) is 3.85. The molecule has 0 aliphatic carbocycles. The van der Waals surface area contributed by atoms with Crippen LogP contribution in [0.15, 0.2) is 50.3 Å². The van der Waals surface area contributed by atoms with E-state index in [1.807, 2.05) is 0 Å². The van der Waals surface area contributed by atoms with Crippen LogP contribution in [0.3, 0.4) is 0 Å². The van der Waals surface area contributed by atoms with Crippen LogP contribution in [0.2, 0.25) is 0 Å². The normalized spacial score (nSPS) is 11.5. The van der Waals surface area contributed by atoms with E-state index in [2.05, 4.69) is 42.2 Å². The van der Waals surface area contributed by atoms with Crippen molar-refractivity contribution in [2.24, 2.45) is 10.7 Å². The Kier molecular flexibility index (Phi) is 4.72. The highest BCUT2D eigenvalue weighted by atomic mass is 79.9. The van der Waals surface area contributed by atoms with Gasteiger partial charge >= 0.3 is 0 Å². The Hall–Kier alpha value is -1.47. The van der Waals surface area contributed by atoms with Gasteiger partial charge in [-0.05, 0) is 62.2 Å². The monoisotopic (exact) mass is 403 g/mol. The van der Waals surface area contributed by atoms with Gasteiger partial charge in [0.1, 0.15) is 11.6 Å². The van der Waals surface area contributed by atoms with Crippen molar-refractivity contribution in [3.63, 3.8) is 0 Å². The molecule has 0 saturated heterocycles. The van der Waals surface area contributed by atoms with Crippen molar-refractivity contribution >= 4 is 49.2 Å². The maximum Gasteiger partial charge on any atom is 0.198 e. The van der Waals surface area contributed by atoms with Crippen molar-refractivity contribution in [3.8, 4) is 0 Å². The van der Waals surface area contributed by atoms with E-state index in [1.165, 1.54) is 18.2 Å². The number of hydrogen-bond donors (Lipinski definition) is 2. The van der Waals surface area contributed by atoms with Crippen LogP contribution in [0.1, 0.15) is 0 Å². The first-order valence-corrected chi connectivity index (χ1v) is 7.05. The fourth-order valence-corrected chi connectivity index (χ4v) is 1.94. The molecule has 7 heteroatoms. The number of guanidine groups is 1. The average molecular weight is 405 g/mol. The second-order valence-corrected chi connectivity index (χ2v) is 5.56. The summed E-state index contributed by atoms with van der Waals surface area (Å²) < 4.78 is 27.4. The number of aliphatic imine (C=N–C) groups is 1. The molecule has 0 aliphatic rings. The van der Waals surface area contributed by atoms with Crippen LogP contribution in [0.25, 0.3) is 0 Å². The molecule has 104 valence electrons. The van der Waals surface area contributed by atoms with Crippen molar-refractivity contribution in [2.75, 3.05) is 5.32 Å². The van der Waals surface area contributed by atoms with Gasteiger partial charge in [0.2, 0.25) is 0 Å². The molecule has 0 unspecified atom stereocenters. The molecule has 0 atom stereocenters. The van der Waals surface area contributed by atoms with Gasteiger partial charge in [-0.25, -0.2) is 13.8 Å². The summed E-state index contributed by atoms with van der Waals surface area (Å²) in [5.41, 5.74) is 6.49. The van der Waals surface area contributed by atoms with Crippen LogP contribution in [0.5, 0.6) is 0 Å². The van der Waals surface area contributed by atoms with Gasteiger partial charge in [0, 0.05) is 11.8 Å². The lowest BCUT2D eigenvalue weighted by Crippen LogP contribution is -2.22. The van der Waals surface area contributed by atoms with Crippen LogP contribution in [-0.4, -0.2) is 5.96 Å². The zero-order valence-electron chi connectivity index (χ0n) is 10.0. The van der Waals surface area contributed by atoms with E-state index < -0.39 is 11.6 Å². The van der Waals surface area contributed by atoms with E-state index >= 15 is 0 Å². The molecule has 2 aromatic carbocycles. The minimum Gasteiger partial charge on any atom is -0.369 e. The van der Waals surface area contributed by atoms with E-state index in [9.17, 15) is 8.78 Å². The highest BCUT2D eigenvalue weighted by Crippen LogP contribution is 2.22. The Balaban J connectivity index is 2.17. The number of nitrogens with two attached hydrogens (primary N) is 1. The van der Waals surface area contributed by atoms with Gasteiger partial charge < -0.3 is 11.1 Å². The van der Waals surface area contributed by atoms with Crippen LogP contribution in [0, 0.1) is 11.6 Å². The highest BCUT2D eigenvalue weighted by Gasteiger charge is 2.03. The van der Waals surface area contributed by atoms with Gasteiger partial charge in [-0.15, -0.1) is 0 Å². The molecule has 20 heavy (non-hydrogen) atoms. The molecule has 0 aromatic heterocycles. The van der Waals surface area contributed by atoms with Crippen molar-refractivity contribution in [1.82, 2.24) is 0 Å². The van der Waals surface area contributed by atoms with Crippen LogP contribution >= 0.6 is 31.9 Å². The van der Waals surface area contributed by atoms with Gasteiger partial charge in [0.25, 0.3) is 0 Å². The quantitative estimate of drug-likeness (QED) is 0.569. The molecular formula is C13H9Br2F2N3. The minimum atomic E-state index is -0.436. The second kappa shape index (κ2) is 6.32. The molecular weight excluding hydrogens is 396 g/mol. The topological polar surface area (TPSA) is 50.4 Å². The third-order valence-corrected chi connectivity index (χ3v) is 3.63. The van der Waals surface area contributed by atoms with Crippen molar-refractivity contribution in [3.05, 3.63) is 57.0 Å². The molecule has 3 nitrogen and oxygen atoms in total. The Morgan fingerprint density at radius 2 is 1.60 bits per heavy atom. The highest BCUT2D eigenvalue weighted by molar-refractivity contribution is 9.10. The number of anilines is 1. The van der Waals surface area contributed by atoms with Gasteiger partial charge in [0.15, 0.2) is 5.96 Å². The number of nitrogens with one attached hydrogen (secondary N) is 1. The smallest absolute Gasteiger partial charge is 0.198 e. The lowest BCUT2D eigenvalue weighted by Gasteiger charge is -2.06. The number of benzene rings is 2. The molecule has 3 N–H and O–H groups in total. The van der Waals surface area contributed by atoms with Gasteiger partial charge in [0.05, 0.1) is 14.6 Å². The van der Waals surface area contributed by atoms with Crippen LogP contribution < -0.4 is 11.1 Å². The van der Waals surface area contributed by atoms with Crippen LogP contribution in [-0.2, 0) is 0 Å².